The maximum Gasteiger partial charge on any atom is 0.272 e. The highest BCUT2D eigenvalue weighted by atomic mass is 16.2. The summed E-state index contributed by atoms with van der Waals surface area (Å²) < 4.78 is 0. The van der Waals surface area contributed by atoms with Crippen LogP contribution in [0.3, 0.4) is 0 Å². The highest BCUT2D eigenvalue weighted by Gasteiger charge is 2.13. The third kappa shape index (κ3) is 4.86. The molecule has 0 atom stereocenters. The van der Waals surface area contributed by atoms with E-state index in [4.69, 9.17) is 0 Å². The molecular weight excluding hydrogens is 326 g/mol. The zero-order chi connectivity index (χ0) is 18.2. The number of carbonyl (C=O) groups excluding carboxylic acids is 1. The van der Waals surface area contributed by atoms with Crippen molar-refractivity contribution in [3.63, 3.8) is 0 Å². The average molecular weight is 347 g/mol. The second kappa shape index (κ2) is 8.71. The molecule has 0 spiro atoms. The van der Waals surface area contributed by atoms with E-state index < -0.39 is 0 Å². The van der Waals surface area contributed by atoms with Crippen LogP contribution in [0.2, 0.25) is 0 Å². The Kier molecular flexibility index (Phi) is 5.88. The van der Waals surface area contributed by atoms with Crippen LogP contribution in [-0.4, -0.2) is 39.4 Å². The first-order valence-electron chi connectivity index (χ1n) is 8.45. The summed E-state index contributed by atoms with van der Waals surface area (Å²) >= 11 is 0. The van der Waals surface area contributed by atoms with E-state index in [2.05, 4.69) is 20.3 Å². The molecule has 3 aromatic heterocycles. The monoisotopic (exact) mass is 347 g/mol. The van der Waals surface area contributed by atoms with Crippen LogP contribution >= 0.6 is 0 Å². The number of rotatable bonds is 7. The van der Waals surface area contributed by atoms with E-state index in [0.29, 0.717) is 18.8 Å². The zero-order valence-corrected chi connectivity index (χ0v) is 14.7. The SMILES string of the molecule is CN(CCc1ccncc1)C(=O)c1ccc(NCc2cccnc2)cn1. The fraction of sp³-hybridized carbons (Fsp3) is 0.200. The minimum Gasteiger partial charge on any atom is -0.380 e. The van der Waals surface area contributed by atoms with Gasteiger partial charge in [-0.05, 0) is 47.9 Å². The summed E-state index contributed by atoms with van der Waals surface area (Å²) in [5.41, 5.74) is 3.55. The van der Waals surface area contributed by atoms with E-state index in [1.807, 2.05) is 36.5 Å². The Hall–Kier alpha value is -3.28. The summed E-state index contributed by atoms with van der Waals surface area (Å²) in [5, 5.41) is 3.27. The molecule has 132 valence electrons. The summed E-state index contributed by atoms with van der Waals surface area (Å²) in [7, 11) is 1.79. The topological polar surface area (TPSA) is 71.0 Å². The van der Waals surface area contributed by atoms with Gasteiger partial charge in [0.2, 0.25) is 0 Å². The number of hydrogen-bond acceptors (Lipinski definition) is 5. The standard InChI is InChI=1S/C20H21N5O/c1-25(12-8-16-6-10-21-11-7-16)20(26)19-5-4-18(15-24-19)23-14-17-3-2-9-22-13-17/h2-7,9-11,13,15,23H,8,12,14H2,1H3. The van der Waals surface area contributed by atoms with Crippen molar-refractivity contribution < 1.29 is 4.79 Å². The quantitative estimate of drug-likeness (QED) is 0.712. The van der Waals surface area contributed by atoms with E-state index in [9.17, 15) is 4.79 Å². The normalized spacial score (nSPS) is 10.3. The number of likely N-dealkylation sites (N-methyl/N-ethyl adjacent to an activating group) is 1. The molecule has 1 amide bonds. The second-order valence-electron chi connectivity index (χ2n) is 5.98. The van der Waals surface area contributed by atoms with Gasteiger partial charge in [0.25, 0.3) is 5.91 Å². The van der Waals surface area contributed by atoms with Crippen LogP contribution in [0.5, 0.6) is 0 Å². The number of anilines is 1. The molecule has 0 aromatic carbocycles. The highest BCUT2D eigenvalue weighted by Crippen LogP contribution is 2.10. The molecule has 0 bridgehead atoms. The molecule has 26 heavy (non-hydrogen) atoms. The van der Waals surface area contributed by atoms with Crippen LogP contribution in [0.4, 0.5) is 5.69 Å². The van der Waals surface area contributed by atoms with Gasteiger partial charge < -0.3 is 10.2 Å². The van der Waals surface area contributed by atoms with Crippen LogP contribution in [-0.2, 0) is 13.0 Å². The maximum atomic E-state index is 12.5. The van der Waals surface area contributed by atoms with Crippen LogP contribution < -0.4 is 5.32 Å². The van der Waals surface area contributed by atoms with E-state index in [0.717, 1.165) is 23.2 Å². The fourth-order valence-electron chi connectivity index (χ4n) is 2.48. The van der Waals surface area contributed by atoms with Crippen molar-refractivity contribution in [1.29, 1.82) is 0 Å². The predicted octanol–water partition coefficient (Wildman–Crippen LogP) is 2.80. The summed E-state index contributed by atoms with van der Waals surface area (Å²) in [6.07, 6.45) is 9.55. The minimum atomic E-state index is -0.0853. The van der Waals surface area contributed by atoms with Crippen molar-refractivity contribution in [1.82, 2.24) is 19.9 Å². The maximum absolute atomic E-state index is 12.5. The number of amides is 1. The molecule has 6 nitrogen and oxygen atoms in total. The number of hydrogen-bond donors (Lipinski definition) is 1. The molecule has 0 saturated heterocycles. The zero-order valence-electron chi connectivity index (χ0n) is 14.7. The third-order valence-electron chi connectivity index (χ3n) is 4.03. The van der Waals surface area contributed by atoms with Crippen molar-refractivity contribution in [2.75, 3.05) is 18.9 Å². The average Bonchev–Trinajstić information content (AvgIpc) is 2.72. The first-order chi connectivity index (χ1) is 12.7. The smallest absolute Gasteiger partial charge is 0.272 e. The highest BCUT2D eigenvalue weighted by molar-refractivity contribution is 5.92. The van der Waals surface area contributed by atoms with Gasteiger partial charge in [-0.15, -0.1) is 0 Å². The van der Waals surface area contributed by atoms with Gasteiger partial charge in [0.1, 0.15) is 5.69 Å². The molecule has 0 radical (unpaired) electrons. The molecule has 1 N–H and O–H groups in total. The number of pyridine rings is 3. The lowest BCUT2D eigenvalue weighted by Gasteiger charge is -2.17. The Bertz CT molecular complexity index is 822. The number of carbonyl (C=O) groups is 1. The van der Waals surface area contributed by atoms with Crippen molar-refractivity contribution in [2.24, 2.45) is 0 Å². The summed E-state index contributed by atoms with van der Waals surface area (Å²) in [6, 6.07) is 11.4. The van der Waals surface area contributed by atoms with Gasteiger partial charge in [-0.3, -0.25) is 14.8 Å². The van der Waals surface area contributed by atoms with E-state index >= 15 is 0 Å². The Balaban J connectivity index is 1.52. The molecule has 0 aliphatic carbocycles. The lowest BCUT2D eigenvalue weighted by atomic mass is 10.2. The predicted molar refractivity (Wildman–Crippen MR) is 101 cm³/mol. The van der Waals surface area contributed by atoms with Crippen molar-refractivity contribution in [3.05, 3.63) is 84.2 Å². The second-order valence-corrected chi connectivity index (χ2v) is 5.98. The number of nitrogens with zero attached hydrogens (tertiary/aromatic N) is 4. The summed E-state index contributed by atoms with van der Waals surface area (Å²) in [5.74, 6) is -0.0853. The lowest BCUT2D eigenvalue weighted by Crippen LogP contribution is -2.29. The Labute approximate surface area is 153 Å². The number of aromatic nitrogens is 3. The fourth-order valence-corrected chi connectivity index (χ4v) is 2.48. The van der Waals surface area contributed by atoms with Crippen molar-refractivity contribution in [3.8, 4) is 0 Å². The van der Waals surface area contributed by atoms with E-state index in [1.165, 1.54) is 0 Å². The molecule has 3 rings (SSSR count). The Morgan fingerprint density at radius 1 is 1.00 bits per heavy atom. The molecule has 0 aliphatic rings. The van der Waals surface area contributed by atoms with Gasteiger partial charge in [0.15, 0.2) is 0 Å². The van der Waals surface area contributed by atoms with Gasteiger partial charge in [-0.25, -0.2) is 4.98 Å². The Morgan fingerprint density at radius 2 is 1.85 bits per heavy atom. The molecule has 0 saturated carbocycles. The molecule has 6 heteroatoms. The molecular formula is C20H21N5O. The van der Waals surface area contributed by atoms with Gasteiger partial charge in [0, 0.05) is 44.9 Å². The van der Waals surface area contributed by atoms with Gasteiger partial charge >= 0.3 is 0 Å². The van der Waals surface area contributed by atoms with E-state index in [-0.39, 0.29) is 5.91 Å². The number of nitrogens with one attached hydrogen (secondary N) is 1. The lowest BCUT2D eigenvalue weighted by molar-refractivity contribution is 0.0791. The first-order valence-corrected chi connectivity index (χ1v) is 8.45. The van der Waals surface area contributed by atoms with Crippen LogP contribution in [0.25, 0.3) is 0 Å². The van der Waals surface area contributed by atoms with E-state index in [1.54, 1.807) is 42.8 Å². The first kappa shape index (κ1) is 17.5. The molecule has 0 unspecified atom stereocenters. The van der Waals surface area contributed by atoms with Gasteiger partial charge in [-0.1, -0.05) is 6.07 Å². The summed E-state index contributed by atoms with van der Waals surface area (Å²) in [4.78, 5) is 26.5. The largest absolute Gasteiger partial charge is 0.380 e. The van der Waals surface area contributed by atoms with Crippen LogP contribution in [0.1, 0.15) is 21.6 Å². The van der Waals surface area contributed by atoms with Crippen LogP contribution in [0, 0.1) is 0 Å². The van der Waals surface area contributed by atoms with Crippen molar-refractivity contribution >= 4 is 11.6 Å². The molecule has 0 aliphatic heterocycles. The van der Waals surface area contributed by atoms with Crippen molar-refractivity contribution in [2.45, 2.75) is 13.0 Å². The summed E-state index contributed by atoms with van der Waals surface area (Å²) in [6.45, 7) is 1.29. The Morgan fingerprint density at radius 3 is 2.54 bits per heavy atom. The molecule has 3 heterocycles. The van der Waals surface area contributed by atoms with Crippen LogP contribution in [0.15, 0.2) is 67.4 Å². The van der Waals surface area contributed by atoms with Gasteiger partial charge in [0.05, 0.1) is 11.9 Å². The van der Waals surface area contributed by atoms with Gasteiger partial charge in [-0.2, -0.15) is 0 Å². The molecule has 3 aromatic rings. The minimum absolute atomic E-state index is 0.0853. The third-order valence-corrected chi connectivity index (χ3v) is 4.03. The molecule has 0 fully saturated rings.